The number of hydrogen-bond donors (Lipinski definition) is 1. The molecular formula is C13H11BrFNO2. The molecule has 0 radical (unpaired) electrons. The Hall–Kier alpha value is -1.75. The van der Waals surface area contributed by atoms with Gasteiger partial charge in [0.2, 0.25) is 0 Å². The summed E-state index contributed by atoms with van der Waals surface area (Å²) in [5.41, 5.74) is 6.18. The molecule has 5 heteroatoms. The molecule has 0 atom stereocenters. The predicted octanol–water partition coefficient (Wildman–Crippen LogP) is 3.97. The highest BCUT2D eigenvalue weighted by molar-refractivity contribution is 9.10. The molecule has 2 aromatic rings. The summed E-state index contributed by atoms with van der Waals surface area (Å²) < 4.78 is 24.8. The van der Waals surface area contributed by atoms with Gasteiger partial charge in [0.1, 0.15) is 5.75 Å². The molecule has 0 fully saturated rings. The summed E-state index contributed by atoms with van der Waals surface area (Å²) in [5, 5.41) is 0. The van der Waals surface area contributed by atoms with Crippen LogP contribution in [0.25, 0.3) is 0 Å². The third kappa shape index (κ3) is 2.73. The van der Waals surface area contributed by atoms with Crippen molar-refractivity contribution in [2.75, 3.05) is 12.8 Å². The highest BCUT2D eigenvalue weighted by atomic mass is 79.9. The van der Waals surface area contributed by atoms with Crippen molar-refractivity contribution in [3.05, 3.63) is 46.7 Å². The summed E-state index contributed by atoms with van der Waals surface area (Å²) >= 11 is 3.25. The topological polar surface area (TPSA) is 44.5 Å². The number of benzene rings is 2. The minimum absolute atomic E-state index is 0.101. The second kappa shape index (κ2) is 5.27. The van der Waals surface area contributed by atoms with Crippen molar-refractivity contribution in [2.24, 2.45) is 0 Å². The smallest absolute Gasteiger partial charge is 0.165 e. The summed E-state index contributed by atoms with van der Waals surface area (Å²) in [5.74, 6) is 0.589. The largest absolute Gasteiger partial charge is 0.497 e. The lowest BCUT2D eigenvalue weighted by atomic mass is 10.2. The van der Waals surface area contributed by atoms with Crippen molar-refractivity contribution in [3.63, 3.8) is 0 Å². The zero-order chi connectivity index (χ0) is 13.1. The molecular weight excluding hydrogens is 301 g/mol. The monoisotopic (exact) mass is 311 g/mol. The van der Waals surface area contributed by atoms with E-state index in [0.29, 0.717) is 17.2 Å². The van der Waals surface area contributed by atoms with E-state index >= 15 is 0 Å². The number of rotatable bonds is 3. The van der Waals surface area contributed by atoms with Gasteiger partial charge in [-0.05, 0) is 30.3 Å². The van der Waals surface area contributed by atoms with Crippen LogP contribution in [0.15, 0.2) is 40.9 Å². The lowest BCUT2D eigenvalue weighted by Crippen LogP contribution is -1.95. The minimum atomic E-state index is -0.458. The number of halogens is 2. The molecule has 0 aliphatic heterocycles. The zero-order valence-corrected chi connectivity index (χ0v) is 11.2. The van der Waals surface area contributed by atoms with E-state index in [-0.39, 0.29) is 5.75 Å². The van der Waals surface area contributed by atoms with E-state index in [1.165, 1.54) is 19.2 Å². The van der Waals surface area contributed by atoms with Crippen molar-refractivity contribution >= 4 is 21.6 Å². The van der Waals surface area contributed by atoms with E-state index in [0.717, 1.165) is 4.47 Å². The third-order valence-corrected chi connectivity index (χ3v) is 2.83. The molecule has 18 heavy (non-hydrogen) atoms. The van der Waals surface area contributed by atoms with Crippen LogP contribution in [0.5, 0.6) is 17.2 Å². The average Bonchev–Trinajstić information content (AvgIpc) is 2.36. The van der Waals surface area contributed by atoms with Crippen LogP contribution in [-0.4, -0.2) is 7.11 Å². The normalized spacial score (nSPS) is 10.2. The quantitative estimate of drug-likeness (QED) is 0.872. The second-order valence-electron chi connectivity index (χ2n) is 3.58. The van der Waals surface area contributed by atoms with Crippen molar-refractivity contribution in [2.45, 2.75) is 0 Å². The first-order valence-electron chi connectivity index (χ1n) is 5.16. The number of hydrogen-bond acceptors (Lipinski definition) is 3. The van der Waals surface area contributed by atoms with Gasteiger partial charge in [0.15, 0.2) is 17.3 Å². The van der Waals surface area contributed by atoms with Gasteiger partial charge in [-0.3, -0.25) is 0 Å². The Balaban J connectivity index is 2.36. The maximum Gasteiger partial charge on any atom is 0.165 e. The number of methoxy groups -OCH3 is 1. The molecule has 0 spiro atoms. The van der Waals surface area contributed by atoms with Crippen molar-refractivity contribution in [1.29, 1.82) is 0 Å². The van der Waals surface area contributed by atoms with Gasteiger partial charge < -0.3 is 15.2 Å². The van der Waals surface area contributed by atoms with Gasteiger partial charge in [-0.25, -0.2) is 4.39 Å². The Kier molecular flexibility index (Phi) is 3.72. The highest BCUT2D eigenvalue weighted by Crippen LogP contribution is 2.33. The van der Waals surface area contributed by atoms with E-state index in [4.69, 9.17) is 15.2 Å². The van der Waals surface area contributed by atoms with Crippen molar-refractivity contribution in [3.8, 4) is 17.2 Å². The Morgan fingerprint density at radius 1 is 1.11 bits per heavy atom. The van der Waals surface area contributed by atoms with E-state index in [1.54, 1.807) is 24.3 Å². The van der Waals surface area contributed by atoms with Gasteiger partial charge in [0, 0.05) is 10.5 Å². The molecule has 94 valence electrons. The molecule has 2 aromatic carbocycles. The molecule has 2 N–H and O–H groups in total. The number of anilines is 1. The molecule has 0 aliphatic rings. The third-order valence-electron chi connectivity index (χ3n) is 2.33. The van der Waals surface area contributed by atoms with Crippen LogP contribution in [0.1, 0.15) is 0 Å². The van der Waals surface area contributed by atoms with Crippen LogP contribution < -0.4 is 15.2 Å². The second-order valence-corrected chi connectivity index (χ2v) is 4.50. The van der Waals surface area contributed by atoms with E-state index < -0.39 is 5.82 Å². The average molecular weight is 312 g/mol. The predicted molar refractivity (Wildman–Crippen MR) is 71.6 cm³/mol. The molecule has 0 unspecified atom stereocenters. The lowest BCUT2D eigenvalue weighted by Gasteiger charge is -2.11. The van der Waals surface area contributed by atoms with Crippen LogP contribution in [0.2, 0.25) is 0 Å². The summed E-state index contributed by atoms with van der Waals surface area (Å²) in [6.45, 7) is 0. The van der Waals surface area contributed by atoms with E-state index in [9.17, 15) is 4.39 Å². The van der Waals surface area contributed by atoms with Gasteiger partial charge in [-0.2, -0.15) is 0 Å². The lowest BCUT2D eigenvalue weighted by molar-refractivity contribution is 0.406. The zero-order valence-electron chi connectivity index (χ0n) is 9.61. The Morgan fingerprint density at radius 2 is 1.89 bits per heavy atom. The molecule has 3 nitrogen and oxygen atoms in total. The molecule has 0 bridgehead atoms. The van der Waals surface area contributed by atoms with Gasteiger partial charge in [0.25, 0.3) is 0 Å². The Bertz CT molecular complexity index is 575. The van der Waals surface area contributed by atoms with Gasteiger partial charge in [-0.15, -0.1) is 0 Å². The van der Waals surface area contributed by atoms with Crippen LogP contribution in [-0.2, 0) is 0 Å². The van der Waals surface area contributed by atoms with Crippen molar-refractivity contribution in [1.82, 2.24) is 0 Å². The van der Waals surface area contributed by atoms with Gasteiger partial charge in [0.05, 0.1) is 12.8 Å². The molecule has 0 aromatic heterocycles. The fourth-order valence-corrected chi connectivity index (χ4v) is 1.74. The standard InChI is InChI=1S/C13H11BrFNO2/c1-17-9-3-5-11(16)13(7-9)18-12-6-8(14)2-4-10(12)15/h2-7H,16H2,1H3. The molecule has 0 aliphatic carbocycles. The Labute approximate surface area is 112 Å². The van der Waals surface area contributed by atoms with Crippen molar-refractivity contribution < 1.29 is 13.9 Å². The molecule has 2 rings (SSSR count). The highest BCUT2D eigenvalue weighted by Gasteiger charge is 2.09. The summed E-state index contributed by atoms with van der Waals surface area (Å²) in [7, 11) is 1.54. The molecule has 0 saturated heterocycles. The van der Waals surface area contributed by atoms with E-state index in [2.05, 4.69) is 15.9 Å². The van der Waals surface area contributed by atoms with Crippen LogP contribution in [0.3, 0.4) is 0 Å². The minimum Gasteiger partial charge on any atom is -0.497 e. The number of nitrogen functional groups attached to an aromatic ring is 1. The van der Waals surface area contributed by atoms with Gasteiger partial charge in [-0.1, -0.05) is 15.9 Å². The van der Waals surface area contributed by atoms with Crippen LogP contribution in [0.4, 0.5) is 10.1 Å². The first-order chi connectivity index (χ1) is 8.60. The Morgan fingerprint density at radius 3 is 2.61 bits per heavy atom. The van der Waals surface area contributed by atoms with Gasteiger partial charge >= 0.3 is 0 Å². The molecule has 0 amide bonds. The maximum atomic E-state index is 13.6. The fourth-order valence-electron chi connectivity index (χ4n) is 1.40. The SMILES string of the molecule is COc1ccc(N)c(Oc2cc(Br)ccc2F)c1. The van der Waals surface area contributed by atoms with Crippen LogP contribution in [0, 0.1) is 5.82 Å². The first kappa shape index (κ1) is 12.7. The summed E-state index contributed by atoms with van der Waals surface area (Å²) in [6, 6.07) is 9.40. The summed E-state index contributed by atoms with van der Waals surface area (Å²) in [6.07, 6.45) is 0. The number of nitrogens with two attached hydrogens (primary N) is 1. The summed E-state index contributed by atoms with van der Waals surface area (Å²) in [4.78, 5) is 0. The fraction of sp³-hybridized carbons (Fsp3) is 0.0769. The maximum absolute atomic E-state index is 13.6. The molecule has 0 saturated carbocycles. The first-order valence-corrected chi connectivity index (χ1v) is 5.96. The molecule has 0 heterocycles. The van der Waals surface area contributed by atoms with E-state index in [1.807, 2.05) is 0 Å². The number of ether oxygens (including phenoxy) is 2. The van der Waals surface area contributed by atoms with Crippen LogP contribution >= 0.6 is 15.9 Å².